The number of hydrogen-bond acceptors (Lipinski definition) is 2. The lowest BCUT2D eigenvalue weighted by atomic mass is 9.66. The van der Waals surface area contributed by atoms with Crippen LogP contribution in [0.3, 0.4) is 0 Å². The lowest BCUT2D eigenvalue weighted by Gasteiger charge is -2.41. The number of halogens is 3. The number of rotatable bonds is 10. The summed E-state index contributed by atoms with van der Waals surface area (Å²) in [7, 11) is 0. The van der Waals surface area contributed by atoms with Crippen LogP contribution in [-0.2, 0) is 4.74 Å². The largest absolute Gasteiger partial charge is 0.493 e. The first kappa shape index (κ1) is 27.8. The van der Waals surface area contributed by atoms with Crippen LogP contribution in [0.4, 0.5) is 13.2 Å². The Labute approximate surface area is 216 Å². The van der Waals surface area contributed by atoms with Gasteiger partial charge in [-0.25, -0.2) is 13.2 Å². The minimum Gasteiger partial charge on any atom is -0.493 e. The molecule has 204 valence electrons. The number of ether oxygens (including phenoxy) is 2. The molecule has 1 aromatic carbocycles. The fourth-order valence-corrected chi connectivity index (χ4v) is 7.33. The quantitative estimate of drug-likeness (QED) is 0.293. The van der Waals surface area contributed by atoms with E-state index < -0.39 is 23.9 Å². The highest BCUT2D eigenvalue weighted by atomic mass is 19.3. The molecule has 4 rings (SSSR count). The maximum atomic E-state index is 15.2. The molecule has 2 atom stereocenters. The van der Waals surface area contributed by atoms with Crippen LogP contribution < -0.4 is 4.74 Å². The first-order valence-corrected chi connectivity index (χ1v) is 14.9. The zero-order valence-electron chi connectivity index (χ0n) is 22.5. The minimum atomic E-state index is -2.91. The lowest BCUT2D eigenvalue weighted by Crippen LogP contribution is -2.32. The molecular weight excluding hydrogens is 461 g/mol. The van der Waals surface area contributed by atoms with E-state index in [2.05, 4.69) is 6.92 Å². The summed E-state index contributed by atoms with van der Waals surface area (Å²) in [6.45, 7) is 5.24. The van der Waals surface area contributed by atoms with Crippen molar-refractivity contribution in [1.29, 1.82) is 0 Å². The average molecular weight is 509 g/mol. The van der Waals surface area contributed by atoms with Crippen molar-refractivity contribution in [2.24, 2.45) is 29.6 Å². The Morgan fingerprint density at radius 1 is 0.833 bits per heavy atom. The van der Waals surface area contributed by atoms with E-state index in [4.69, 9.17) is 9.47 Å². The number of hydrogen-bond donors (Lipinski definition) is 0. The predicted molar refractivity (Wildman–Crippen MR) is 139 cm³/mol. The van der Waals surface area contributed by atoms with E-state index in [0.717, 1.165) is 37.0 Å². The van der Waals surface area contributed by atoms with Crippen molar-refractivity contribution in [2.75, 3.05) is 13.2 Å². The summed E-state index contributed by atoms with van der Waals surface area (Å²) < 4.78 is 54.2. The Bertz CT molecular complexity index is 789. The van der Waals surface area contributed by atoms with Crippen LogP contribution in [0, 0.1) is 35.4 Å². The summed E-state index contributed by atoms with van der Waals surface area (Å²) in [5, 5.41) is 0. The first-order valence-electron chi connectivity index (χ1n) is 14.9. The molecule has 0 amide bonds. The van der Waals surface area contributed by atoms with Crippen molar-refractivity contribution in [2.45, 2.75) is 116 Å². The maximum Gasteiger partial charge on any atom is 0.270 e. The van der Waals surface area contributed by atoms with Crippen LogP contribution in [0.15, 0.2) is 12.1 Å². The van der Waals surface area contributed by atoms with Gasteiger partial charge in [-0.2, -0.15) is 0 Å². The monoisotopic (exact) mass is 508 g/mol. The van der Waals surface area contributed by atoms with Crippen LogP contribution in [0.2, 0.25) is 0 Å². The third-order valence-electron chi connectivity index (χ3n) is 9.54. The summed E-state index contributed by atoms with van der Waals surface area (Å²) >= 11 is 0. The van der Waals surface area contributed by atoms with Crippen LogP contribution in [-0.4, -0.2) is 13.2 Å². The molecule has 0 bridgehead atoms. The second-order valence-corrected chi connectivity index (χ2v) is 11.8. The second-order valence-electron chi connectivity index (χ2n) is 11.8. The van der Waals surface area contributed by atoms with Gasteiger partial charge in [0.15, 0.2) is 0 Å². The molecule has 3 fully saturated rings. The summed E-state index contributed by atoms with van der Waals surface area (Å²) in [5.41, 5.74) is -0.356. The molecule has 1 aliphatic heterocycles. The van der Waals surface area contributed by atoms with Gasteiger partial charge in [-0.1, -0.05) is 46.0 Å². The van der Waals surface area contributed by atoms with Crippen molar-refractivity contribution in [3.05, 3.63) is 29.1 Å². The molecule has 0 aromatic heterocycles. The molecule has 1 saturated heterocycles. The number of alkyl halides is 2. The van der Waals surface area contributed by atoms with Gasteiger partial charge >= 0.3 is 0 Å². The number of benzene rings is 1. The molecule has 2 unspecified atom stereocenters. The molecule has 2 saturated carbocycles. The van der Waals surface area contributed by atoms with Crippen LogP contribution in [0.1, 0.15) is 127 Å². The highest BCUT2D eigenvalue weighted by Crippen LogP contribution is 2.46. The van der Waals surface area contributed by atoms with E-state index >= 15 is 4.39 Å². The van der Waals surface area contributed by atoms with Crippen LogP contribution >= 0.6 is 0 Å². The molecule has 5 heteroatoms. The second kappa shape index (κ2) is 13.5. The molecule has 1 heterocycles. The maximum absolute atomic E-state index is 15.2. The van der Waals surface area contributed by atoms with Gasteiger partial charge in [-0.15, -0.1) is 0 Å². The van der Waals surface area contributed by atoms with Crippen molar-refractivity contribution in [1.82, 2.24) is 0 Å². The van der Waals surface area contributed by atoms with Gasteiger partial charge in [0.25, 0.3) is 6.43 Å². The van der Waals surface area contributed by atoms with E-state index in [0.29, 0.717) is 31.5 Å². The molecule has 3 aliphatic rings. The topological polar surface area (TPSA) is 18.5 Å². The van der Waals surface area contributed by atoms with Gasteiger partial charge in [-0.3, -0.25) is 0 Å². The summed E-state index contributed by atoms with van der Waals surface area (Å²) in [6, 6.07) is 3.09. The highest BCUT2D eigenvalue weighted by molar-refractivity contribution is 5.41. The van der Waals surface area contributed by atoms with Gasteiger partial charge in [0.1, 0.15) is 11.6 Å². The van der Waals surface area contributed by atoms with E-state index in [9.17, 15) is 8.78 Å². The summed E-state index contributed by atoms with van der Waals surface area (Å²) in [6.07, 6.45) is 13.7. The Morgan fingerprint density at radius 2 is 1.44 bits per heavy atom. The van der Waals surface area contributed by atoms with E-state index in [-0.39, 0.29) is 11.3 Å². The number of unbranched alkanes of at least 4 members (excludes halogenated alkanes) is 1. The van der Waals surface area contributed by atoms with Crippen LogP contribution in [0.5, 0.6) is 5.75 Å². The van der Waals surface area contributed by atoms with Gasteiger partial charge < -0.3 is 9.47 Å². The zero-order chi connectivity index (χ0) is 25.5. The standard InChI is InChI=1S/C31H47F3O2/c1-3-5-19-35-28-18-16-26(30(32)29(28)31(33)34)27-17-15-25(20-36-27)24-13-11-23(12-14-24)22-9-7-21(6-4-2)8-10-22/h16,18,21-25,27,31H,3-15,17,19-20H2,1-2H3. The Balaban J connectivity index is 1.27. The molecule has 0 spiro atoms. The van der Waals surface area contributed by atoms with Crippen molar-refractivity contribution in [3.63, 3.8) is 0 Å². The van der Waals surface area contributed by atoms with Crippen molar-refractivity contribution in [3.8, 4) is 5.75 Å². The van der Waals surface area contributed by atoms with Crippen molar-refractivity contribution < 1.29 is 22.6 Å². The fraction of sp³-hybridized carbons (Fsp3) is 0.806. The molecule has 1 aromatic rings. The smallest absolute Gasteiger partial charge is 0.270 e. The van der Waals surface area contributed by atoms with Gasteiger partial charge in [0.05, 0.1) is 24.9 Å². The summed E-state index contributed by atoms with van der Waals surface area (Å²) in [5.74, 6) is 3.13. The highest BCUT2D eigenvalue weighted by Gasteiger charge is 2.36. The van der Waals surface area contributed by atoms with Crippen LogP contribution in [0.25, 0.3) is 0 Å². The lowest BCUT2D eigenvalue weighted by molar-refractivity contribution is -0.0437. The Kier molecular flexibility index (Phi) is 10.4. The molecule has 36 heavy (non-hydrogen) atoms. The van der Waals surface area contributed by atoms with E-state index in [1.165, 1.54) is 70.3 Å². The average Bonchev–Trinajstić information content (AvgIpc) is 2.90. The van der Waals surface area contributed by atoms with Gasteiger partial charge in [0, 0.05) is 5.56 Å². The summed E-state index contributed by atoms with van der Waals surface area (Å²) in [4.78, 5) is 0. The molecule has 2 aliphatic carbocycles. The normalized spacial score (nSPS) is 31.5. The van der Waals surface area contributed by atoms with Gasteiger partial charge in [-0.05, 0) is 99.5 Å². The Morgan fingerprint density at radius 3 is 2.00 bits per heavy atom. The third-order valence-corrected chi connectivity index (χ3v) is 9.54. The molecule has 0 radical (unpaired) electrons. The van der Waals surface area contributed by atoms with E-state index in [1.807, 2.05) is 6.92 Å². The molecular formula is C31H47F3O2. The predicted octanol–water partition coefficient (Wildman–Crippen LogP) is 9.82. The van der Waals surface area contributed by atoms with Crippen molar-refractivity contribution >= 4 is 0 Å². The SMILES string of the molecule is CCCCOc1ccc(C2CCC(C3CCC(C4CCC(CCC)CC4)CC3)CO2)c(F)c1C(F)F. The van der Waals surface area contributed by atoms with E-state index in [1.54, 1.807) is 6.07 Å². The first-order chi connectivity index (χ1) is 17.5. The fourth-order valence-electron chi connectivity index (χ4n) is 7.33. The molecule has 2 nitrogen and oxygen atoms in total. The van der Waals surface area contributed by atoms with Gasteiger partial charge in [0.2, 0.25) is 0 Å². The Hall–Kier alpha value is -1.23. The zero-order valence-corrected chi connectivity index (χ0v) is 22.5. The molecule has 0 N–H and O–H groups in total. The third kappa shape index (κ3) is 6.79. The minimum absolute atomic E-state index is 0.0380.